The van der Waals surface area contributed by atoms with Gasteiger partial charge in [0.2, 0.25) is 0 Å². The van der Waals surface area contributed by atoms with E-state index in [0.717, 1.165) is 46.5 Å². The molecule has 1 fully saturated rings. The third kappa shape index (κ3) is 2.93. The number of aliphatic hydroxyl groups is 1. The molecule has 1 aliphatic rings. The molecule has 2 rings (SSSR count). The minimum Gasteiger partial charge on any atom is -0.398 e. The first-order valence-electron chi connectivity index (χ1n) is 5.49. The molecule has 0 heterocycles. The van der Waals surface area contributed by atoms with Crippen molar-refractivity contribution < 1.29 is 5.11 Å². The molecule has 88 valence electrons. The quantitative estimate of drug-likeness (QED) is 0.664. The van der Waals surface area contributed by atoms with Gasteiger partial charge >= 0.3 is 0 Å². The van der Waals surface area contributed by atoms with Crippen LogP contribution in [0.25, 0.3) is 0 Å². The molecule has 1 aromatic carbocycles. The summed E-state index contributed by atoms with van der Waals surface area (Å²) in [7, 11) is 0. The Hall–Kier alpha value is -0.190. The second kappa shape index (κ2) is 4.98. The van der Waals surface area contributed by atoms with Crippen molar-refractivity contribution in [3.8, 4) is 0 Å². The SMILES string of the molecule is Nc1cc(Br)ccc1SCC1(O)CCCC1. The van der Waals surface area contributed by atoms with E-state index in [4.69, 9.17) is 5.73 Å². The number of nitrogens with two attached hydrogens (primary N) is 1. The largest absolute Gasteiger partial charge is 0.398 e. The lowest BCUT2D eigenvalue weighted by atomic mass is 10.1. The van der Waals surface area contributed by atoms with Crippen molar-refractivity contribution in [1.82, 2.24) is 0 Å². The van der Waals surface area contributed by atoms with Crippen LogP contribution in [-0.2, 0) is 0 Å². The van der Waals surface area contributed by atoms with Crippen molar-refractivity contribution in [3.63, 3.8) is 0 Å². The number of benzene rings is 1. The lowest BCUT2D eigenvalue weighted by Crippen LogP contribution is -2.27. The summed E-state index contributed by atoms with van der Waals surface area (Å²) < 4.78 is 0.994. The van der Waals surface area contributed by atoms with Gasteiger partial charge in [0.15, 0.2) is 0 Å². The zero-order valence-corrected chi connectivity index (χ0v) is 11.5. The molecule has 0 aromatic heterocycles. The van der Waals surface area contributed by atoms with Crippen LogP contribution in [0.5, 0.6) is 0 Å². The smallest absolute Gasteiger partial charge is 0.0741 e. The maximum Gasteiger partial charge on any atom is 0.0741 e. The van der Waals surface area contributed by atoms with E-state index in [1.54, 1.807) is 11.8 Å². The fourth-order valence-electron chi connectivity index (χ4n) is 2.04. The number of hydrogen-bond donors (Lipinski definition) is 2. The highest BCUT2D eigenvalue weighted by atomic mass is 79.9. The number of nitrogen functional groups attached to an aromatic ring is 1. The van der Waals surface area contributed by atoms with E-state index < -0.39 is 5.60 Å². The Morgan fingerprint density at radius 2 is 2.06 bits per heavy atom. The van der Waals surface area contributed by atoms with E-state index in [1.165, 1.54) is 0 Å². The molecule has 3 N–H and O–H groups in total. The molecule has 0 bridgehead atoms. The van der Waals surface area contributed by atoms with Gasteiger partial charge in [0, 0.05) is 20.8 Å². The fourth-order valence-corrected chi connectivity index (χ4v) is 3.52. The zero-order valence-electron chi connectivity index (χ0n) is 9.08. The third-order valence-electron chi connectivity index (χ3n) is 3.00. The van der Waals surface area contributed by atoms with Gasteiger partial charge in [0.1, 0.15) is 0 Å². The summed E-state index contributed by atoms with van der Waals surface area (Å²) in [5, 5.41) is 10.2. The fraction of sp³-hybridized carbons (Fsp3) is 0.500. The average molecular weight is 302 g/mol. The summed E-state index contributed by atoms with van der Waals surface area (Å²) in [6.07, 6.45) is 4.15. The molecule has 0 spiro atoms. The Morgan fingerprint density at radius 3 is 2.69 bits per heavy atom. The number of hydrogen-bond acceptors (Lipinski definition) is 3. The molecule has 1 aliphatic carbocycles. The molecule has 0 atom stereocenters. The van der Waals surface area contributed by atoms with Gasteiger partial charge in [-0.1, -0.05) is 28.8 Å². The lowest BCUT2D eigenvalue weighted by molar-refractivity contribution is 0.0733. The Balaban J connectivity index is 1.99. The standard InChI is InChI=1S/C12H16BrNOS/c13-9-3-4-11(10(14)7-9)16-8-12(15)5-1-2-6-12/h3-4,7,15H,1-2,5-6,8,14H2. The number of anilines is 1. The van der Waals surface area contributed by atoms with Crippen molar-refractivity contribution in [1.29, 1.82) is 0 Å². The predicted octanol–water partition coefficient (Wildman–Crippen LogP) is 3.43. The van der Waals surface area contributed by atoms with Crippen molar-refractivity contribution in [3.05, 3.63) is 22.7 Å². The molecule has 0 unspecified atom stereocenters. The molecule has 1 saturated carbocycles. The highest BCUT2D eigenvalue weighted by Crippen LogP contribution is 2.36. The predicted molar refractivity (Wildman–Crippen MR) is 72.7 cm³/mol. The third-order valence-corrected chi connectivity index (χ3v) is 4.86. The molecule has 0 radical (unpaired) electrons. The van der Waals surface area contributed by atoms with Crippen LogP contribution in [0.4, 0.5) is 5.69 Å². The average Bonchev–Trinajstić information content (AvgIpc) is 2.64. The molecular formula is C12H16BrNOS. The summed E-state index contributed by atoms with van der Waals surface area (Å²) in [6.45, 7) is 0. The van der Waals surface area contributed by atoms with Gasteiger partial charge in [-0.3, -0.25) is 0 Å². The maximum absolute atomic E-state index is 10.2. The Kier molecular flexibility index (Phi) is 3.82. The van der Waals surface area contributed by atoms with Crippen molar-refractivity contribution >= 4 is 33.4 Å². The number of thioether (sulfide) groups is 1. The van der Waals surface area contributed by atoms with E-state index in [2.05, 4.69) is 15.9 Å². The lowest BCUT2D eigenvalue weighted by Gasteiger charge is -2.21. The summed E-state index contributed by atoms with van der Waals surface area (Å²) >= 11 is 5.04. The summed E-state index contributed by atoms with van der Waals surface area (Å²) in [5.74, 6) is 0.749. The van der Waals surface area contributed by atoms with Crippen molar-refractivity contribution in [2.45, 2.75) is 36.2 Å². The number of rotatable bonds is 3. The second-order valence-corrected chi connectivity index (χ2v) is 6.34. The van der Waals surface area contributed by atoms with Gasteiger partial charge in [0.05, 0.1) is 5.60 Å². The minimum atomic E-state index is -0.468. The van der Waals surface area contributed by atoms with E-state index >= 15 is 0 Å². The summed E-state index contributed by atoms with van der Waals surface area (Å²) in [6, 6.07) is 5.89. The van der Waals surface area contributed by atoms with Gasteiger partial charge < -0.3 is 10.8 Å². The first-order chi connectivity index (χ1) is 7.59. The highest BCUT2D eigenvalue weighted by Gasteiger charge is 2.31. The molecule has 4 heteroatoms. The number of halogens is 1. The first kappa shape index (κ1) is 12.3. The molecule has 0 aliphatic heterocycles. The Morgan fingerprint density at radius 1 is 1.38 bits per heavy atom. The molecule has 0 saturated heterocycles. The van der Waals surface area contributed by atoms with E-state index in [9.17, 15) is 5.11 Å². The van der Waals surface area contributed by atoms with Gasteiger partial charge in [-0.15, -0.1) is 11.8 Å². The van der Waals surface area contributed by atoms with Crippen LogP contribution in [0.2, 0.25) is 0 Å². The van der Waals surface area contributed by atoms with Crippen LogP contribution in [-0.4, -0.2) is 16.5 Å². The Labute approximate surface area is 109 Å². The van der Waals surface area contributed by atoms with Crippen LogP contribution in [0.1, 0.15) is 25.7 Å². The van der Waals surface area contributed by atoms with Crippen LogP contribution in [0.3, 0.4) is 0 Å². The van der Waals surface area contributed by atoms with Crippen molar-refractivity contribution in [2.24, 2.45) is 0 Å². The van der Waals surface area contributed by atoms with Crippen LogP contribution >= 0.6 is 27.7 Å². The zero-order chi connectivity index (χ0) is 11.6. The molecular weight excluding hydrogens is 286 g/mol. The van der Waals surface area contributed by atoms with Crippen LogP contribution < -0.4 is 5.73 Å². The molecule has 1 aromatic rings. The van der Waals surface area contributed by atoms with Gasteiger partial charge in [0.25, 0.3) is 0 Å². The monoisotopic (exact) mass is 301 g/mol. The Bertz CT molecular complexity index is 377. The second-order valence-electron chi connectivity index (χ2n) is 4.40. The highest BCUT2D eigenvalue weighted by molar-refractivity contribution is 9.10. The molecule has 2 nitrogen and oxygen atoms in total. The van der Waals surface area contributed by atoms with Gasteiger partial charge in [-0.05, 0) is 31.0 Å². The molecule has 16 heavy (non-hydrogen) atoms. The van der Waals surface area contributed by atoms with Crippen LogP contribution in [0, 0.1) is 0 Å². The summed E-state index contributed by atoms with van der Waals surface area (Å²) in [4.78, 5) is 1.06. The maximum atomic E-state index is 10.2. The normalized spacial score (nSPS) is 18.9. The van der Waals surface area contributed by atoms with Crippen molar-refractivity contribution in [2.75, 3.05) is 11.5 Å². The molecule has 0 amide bonds. The topological polar surface area (TPSA) is 46.2 Å². The first-order valence-corrected chi connectivity index (χ1v) is 7.27. The minimum absolute atomic E-state index is 0.468. The van der Waals surface area contributed by atoms with Gasteiger partial charge in [-0.2, -0.15) is 0 Å². The van der Waals surface area contributed by atoms with E-state index in [1.807, 2.05) is 18.2 Å². The van der Waals surface area contributed by atoms with E-state index in [0.29, 0.717) is 0 Å². The van der Waals surface area contributed by atoms with Gasteiger partial charge in [-0.25, -0.2) is 0 Å². The van der Waals surface area contributed by atoms with E-state index in [-0.39, 0.29) is 0 Å². The summed E-state index contributed by atoms with van der Waals surface area (Å²) in [5.41, 5.74) is 6.23. The van der Waals surface area contributed by atoms with Crippen LogP contribution in [0.15, 0.2) is 27.6 Å².